The zero-order valence-corrected chi connectivity index (χ0v) is 10.5. The molecule has 2 atom stereocenters. The highest BCUT2D eigenvalue weighted by molar-refractivity contribution is 4.91. The van der Waals surface area contributed by atoms with Crippen molar-refractivity contribution in [2.24, 2.45) is 0 Å². The second-order valence-corrected chi connectivity index (χ2v) is 3.98. The van der Waals surface area contributed by atoms with E-state index in [2.05, 4.69) is 29.3 Å². The number of nitrogens with one attached hydrogen (secondary N) is 1. The van der Waals surface area contributed by atoms with Crippen LogP contribution < -0.4 is 5.32 Å². The number of aromatic nitrogens is 2. The molecule has 2 unspecified atom stereocenters. The minimum absolute atomic E-state index is 0.114. The molecular formula is C11H21N3O2. The summed E-state index contributed by atoms with van der Waals surface area (Å²) in [5.74, 6) is 1.27. The third-order valence-electron chi connectivity index (χ3n) is 2.42. The van der Waals surface area contributed by atoms with Gasteiger partial charge >= 0.3 is 0 Å². The molecule has 5 nitrogen and oxygen atoms in total. The van der Waals surface area contributed by atoms with Crippen LogP contribution in [0.3, 0.4) is 0 Å². The maximum Gasteiger partial charge on any atom is 0.228 e. The third kappa shape index (κ3) is 3.90. The Morgan fingerprint density at radius 2 is 2.19 bits per heavy atom. The van der Waals surface area contributed by atoms with Gasteiger partial charge in [-0.25, -0.2) is 0 Å². The third-order valence-corrected chi connectivity index (χ3v) is 2.42. The second kappa shape index (κ2) is 6.60. The summed E-state index contributed by atoms with van der Waals surface area (Å²) in [6.45, 7) is 7.16. The van der Waals surface area contributed by atoms with E-state index in [-0.39, 0.29) is 6.10 Å². The normalized spacial score (nSPS) is 15.0. The van der Waals surface area contributed by atoms with Gasteiger partial charge in [0.25, 0.3) is 0 Å². The first kappa shape index (κ1) is 13.1. The molecule has 0 aliphatic rings. The molecule has 1 heterocycles. The van der Waals surface area contributed by atoms with Crippen molar-refractivity contribution in [1.29, 1.82) is 0 Å². The Hall–Kier alpha value is -0.940. The van der Waals surface area contributed by atoms with Gasteiger partial charge in [0.05, 0.1) is 0 Å². The molecule has 0 spiro atoms. The van der Waals surface area contributed by atoms with Gasteiger partial charge in [0, 0.05) is 19.6 Å². The smallest absolute Gasteiger partial charge is 0.228 e. The Morgan fingerprint density at radius 3 is 2.81 bits per heavy atom. The van der Waals surface area contributed by atoms with Crippen molar-refractivity contribution in [2.45, 2.75) is 45.8 Å². The summed E-state index contributed by atoms with van der Waals surface area (Å²) < 4.78 is 10.3. The maximum atomic E-state index is 5.16. The lowest BCUT2D eigenvalue weighted by atomic mass is 10.2. The minimum Gasteiger partial charge on any atom is -0.374 e. The molecule has 0 bridgehead atoms. The molecule has 0 saturated heterocycles. The van der Waals surface area contributed by atoms with Crippen molar-refractivity contribution >= 4 is 0 Å². The molecule has 0 radical (unpaired) electrons. The van der Waals surface area contributed by atoms with E-state index in [1.54, 1.807) is 7.11 Å². The summed E-state index contributed by atoms with van der Waals surface area (Å²) in [5.41, 5.74) is 0. The van der Waals surface area contributed by atoms with E-state index in [4.69, 9.17) is 9.26 Å². The zero-order chi connectivity index (χ0) is 12.0. The molecule has 0 saturated carbocycles. The molecule has 1 N–H and O–H groups in total. The lowest BCUT2D eigenvalue weighted by molar-refractivity contribution is 0.109. The van der Waals surface area contributed by atoms with E-state index in [1.807, 2.05) is 6.92 Å². The standard InChI is InChI=1S/C11H21N3O2/c1-5-6-12-8(2)7-10-13-11(14-16-10)9(3)15-4/h8-9,12H,5-7H2,1-4H3. The molecule has 0 amide bonds. The second-order valence-electron chi connectivity index (χ2n) is 3.98. The van der Waals surface area contributed by atoms with Crippen LogP contribution in [0.1, 0.15) is 45.0 Å². The fourth-order valence-electron chi connectivity index (χ4n) is 1.35. The van der Waals surface area contributed by atoms with Crippen LogP contribution in [0, 0.1) is 0 Å². The topological polar surface area (TPSA) is 60.2 Å². The van der Waals surface area contributed by atoms with Crippen molar-refractivity contribution in [3.05, 3.63) is 11.7 Å². The first-order valence-electron chi connectivity index (χ1n) is 5.76. The fraction of sp³-hybridized carbons (Fsp3) is 0.818. The number of rotatable bonds is 7. The highest BCUT2D eigenvalue weighted by Gasteiger charge is 2.14. The van der Waals surface area contributed by atoms with Gasteiger partial charge in [0.15, 0.2) is 5.82 Å². The van der Waals surface area contributed by atoms with Crippen LogP contribution in [-0.4, -0.2) is 29.8 Å². The summed E-state index contributed by atoms with van der Waals surface area (Å²) in [5, 5.41) is 7.26. The van der Waals surface area contributed by atoms with Crippen molar-refractivity contribution in [1.82, 2.24) is 15.5 Å². The van der Waals surface area contributed by atoms with Crippen LogP contribution in [0.25, 0.3) is 0 Å². The Bertz CT molecular complexity index is 301. The molecule has 0 fully saturated rings. The first-order valence-corrected chi connectivity index (χ1v) is 5.76. The lowest BCUT2D eigenvalue weighted by Gasteiger charge is -2.09. The molecule has 16 heavy (non-hydrogen) atoms. The van der Waals surface area contributed by atoms with E-state index in [0.717, 1.165) is 19.4 Å². The van der Waals surface area contributed by atoms with Crippen molar-refractivity contribution in [3.8, 4) is 0 Å². The highest BCUT2D eigenvalue weighted by Crippen LogP contribution is 2.12. The highest BCUT2D eigenvalue weighted by atomic mass is 16.5. The van der Waals surface area contributed by atoms with Crippen LogP contribution >= 0.6 is 0 Å². The maximum absolute atomic E-state index is 5.16. The molecule has 5 heteroatoms. The molecule has 1 aromatic rings. The molecular weight excluding hydrogens is 206 g/mol. The SMILES string of the molecule is CCCNC(C)Cc1nc(C(C)OC)no1. The summed E-state index contributed by atoms with van der Waals surface area (Å²) in [7, 11) is 1.63. The van der Waals surface area contributed by atoms with Gasteiger partial charge in [-0.1, -0.05) is 12.1 Å². The fourth-order valence-corrected chi connectivity index (χ4v) is 1.35. The van der Waals surface area contributed by atoms with Crippen molar-refractivity contribution < 1.29 is 9.26 Å². The van der Waals surface area contributed by atoms with Gasteiger partial charge in [0.1, 0.15) is 6.10 Å². The Balaban J connectivity index is 2.45. The molecule has 1 aromatic heterocycles. The molecule has 92 valence electrons. The van der Waals surface area contributed by atoms with Gasteiger partial charge in [-0.15, -0.1) is 0 Å². The van der Waals surface area contributed by atoms with Gasteiger partial charge in [0.2, 0.25) is 5.89 Å². The van der Waals surface area contributed by atoms with Gasteiger partial charge in [-0.3, -0.25) is 0 Å². The number of hydrogen-bond acceptors (Lipinski definition) is 5. The van der Waals surface area contributed by atoms with E-state index in [0.29, 0.717) is 17.8 Å². The number of ether oxygens (including phenoxy) is 1. The van der Waals surface area contributed by atoms with Crippen LogP contribution in [0.15, 0.2) is 4.52 Å². The summed E-state index contributed by atoms with van der Waals surface area (Å²) in [6.07, 6.45) is 1.76. The summed E-state index contributed by atoms with van der Waals surface area (Å²) >= 11 is 0. The summed E-state index contributed by atoms with van der Waals surface area (Å²) in [4.78, 5) is 4.29. The van der Waals surface area contributed by atoms with E-state index < -0.39 is 0 Å². The largest absolute Gasteiger partial charge is 0.374 e. The molecule has 1 rings (SSSR count). The van der Waals surface area contributed by atoms with E-state index in [9.17, 15) is 0 Å². The quantitative estimate of drug-likeness (QED) is 0.768. The monoisotopic (exact) mass is 227 g/mol. The summed E-state index contributed by atoms with van der Waals surface area (Å²) in [6, 6.07) is 0.353. The van der Waals surface area contributed by atoms with Crippen LogP contribution in [0.4, 0.5) is 0 Å². The van der Waals surface area contributed by atoms with Gasteiger partial charge < -0.3 is 14.6 Å². The average Bonchev–Trinajstić information content (AvgIpc) is 2.73. The molecule has 0 aliphatic heterocycles. The Kier molecular flexibility index (Phi) is 5.42. The van der Waals surface area contributed by atoms with Crippen LogP contribution in [-0.2, 0) is 11.2 Å². The van der Waals surface area contributed by atoms with Crippen molar-refractivity contribution in [2.75, 3.05) is 13.7 Å². The predicted molar refractivity (Wildman–Crippen MR) is 61.2 cm³/mol. The molecule has 0 aliphatic carbocycles. The Labute approximate surface area is 96.6 Å². The van der Waals surface area contributed by atoms with Gasteiger partial charge in [-0.05, 0) is 26.8 Å². The van der Waals surface area contributed by atoms with Crippen LogP contribution in [0.5, 0.6) is 0 Å². The number of nitrogens with zero attached hydrogens (tertiary/aromatic N) is 2. The number of hydrogen-bond donors (Lipinski definition) is 1. The van der Waals surface area contributed by atoms with Gasteiger partial charge in [-0.2, -0.15) is 4.98 Å². The predicted octanol–water partition coefficient (Wildman–Crippen LogP) is 1.71. The minimum atomic E-state index is -0.114. The van der Waals surface area contributed by atoms with Crippen molar-refractivity contribution in [3.63, 3.8) is 0 Å². The van der Waals surface area contributed by atoms with E-state index >= 15 is 0 Å². The first-order chi connectivity index (χ1) is 7.67. The Morgan fingerprint density at radius 1 is 1.44 bits per heavy atom. The lowest BCUT2D eigenvalue weighted by Crippen LogP contribution is -2.28. The average molecular weight is 227 g/mol. The van der Waals surface area contributed by atoms with E-state index in [1.165, 1.54) is 0 Å². The number of methoxy groups -OCH3 is 1. The zero-order valence-electron chi connectivity index (χ0n) is 10.5. The van der Waals surface area contributed by atoms with Crippen LogP contribution in [0.2, 0.25) is 0 Å². The molecule has 0 aromatic carbocycles.